The van der Waals surface area contributed by atoms with Crippen molar-refractivity contribution in [2.75, 3.05) is 7.05 Å². The van der Waals surface area contributed by atoms with Crippen molar-refractivity contribution in [3.8, 4) is 0 Å². The van der Waals surface area contributed by atoms with E-state index in [1.165, 1.54) is 0 Å². The average Bonchev–Trinajstić information content (AvgIpc) is 2.87. The molecule has 0 aliphatic heterocycles. The first-order chi connectivity index (χ1) is 8.06. The summed E-state index contributed by atoms with van der Waals surface area (Å²) in [4.78, 5) is 18.3. The normalized spacial score (nSPS) is 23.9. The number of hydrogen-bond acceptors (Lipinski definition) is 4. The van der Waals surface area contributed by atoms with Gasteiger partial charge in [0.2, 0.25) is 5.91 Å². The fourth-order valence-corrected chi connectivity index (χ4v) is 2.96. The van der Waals surface area contributed by atoms with Crippen LogP contribution >= 0.6 is 11.3 Å². The monoisotopic (exact) mass is 253 g/mol. The molecule has 0 radical (unpaired) electrons. The van der Waals surface area contributed by atoms with Gasteiger partial charge in [-0.3, -0.25) is 4.79 Å². The van der Waals surface area contributed by atoms with Gasteiger partial charge in [0.15, 0.2) is 0 Å². The summed E-state index contributed by atoms with van der Waals surface area (Å²) >= 11 is 1.62. The van der Waals surface area contributed by atoms with Gasteiger partial charge in [-0.1, -0.05) is 0 Å². The summed E-state index contributed by atoms with van der Waals surface area (Å²) in [6.07, 6.45) is 2.74. The van der Waals surface area contributed by atoms with Gasteiger partial charge in [-0.05, 0) is 26.2 Å². The molecule has 1 saturated carbocycles. The average molecular weight is 253 g/mol. The molecule has 1 aromatic heterocycles. The number of amides is 1. The molecule has 1 fully saturated rings. The Balaban J connectivity index is 1.91. The quantitative estimate of drug-likeness (QED) is 0.889. The van der Waals surface area contributed by atoms with Crippen molar-refractivity contribution in [1.29, 1.82) is 0 Å². The van der Waals surface area contributed by atoms with Crippen molar-refractivity contribution in [2.45, 2.75) is 38.8 Å². The Bertz CT molecular complexity index is 404. The van der Waals surface area contributed by atoms with Gasteiger partial charge in [0.05, 0.1) is 17.2 Å². The number of thiazole rings is 1. The second-order valence-electron chi connectivity index (χ2n) is 4.82. The molecular weight excluding hydrogens is 234 g/mol. The first-order valence-electron chi connectivity index (χ1n) is 5.98. The van der Waals surface area contributed by atoms with E-state index < -0.39 is 0 Å². The first-order valence-corrected chi connectivity index (χ1v) is 6.86. The van der Waals surface area contributed by atoms with E-state index >= 15 is 0 Å². The molecule has 94 valence electrons. The summed E-state index contributed by atoms with van der Waals surface area (Å²) in [6.45, 7) is 2.58. The number of aryl methyl sites for hydroxylation is 1. The minimum absolute atomic E-state index is 0.120. The van der Waals surface area contributed by atoms with Gasteiger partial charge in [0.25, 0.3) is 0 Å². The van der Waals surface area contributed by atoms with Crippen LogP contribution in [0, 0.1) is 12.8 Å². The molecule has 1 aliphatic carbocycles. The highest BCUT2D eigenvalue weighted by Crippen LogP contribution is 2.26. The standard InChI is InChI=1S/C12H19N3OS/c1-8-14-11(7-17-8)6-15(2)12(16)9-3-4-10(13)5-9/h7,9-10H,3-6,13H2,1-2H3. The van der Waals surface area contributed by atoms with Gasteiger partial charge in [0, 0.05) is 24.4 Å². The molecule has 2 N–H and O–H groups in total. The van der Waals surface area contributed by atoms with E-state index in [1.54, 1.807) is 16.2 Å². The van der Waals surface area contributed by atoms with Crippen LogP contribution in [0.15, 0.2) is 5.38 Å². The van der Waals surface area contributed by atoms with Crippen molar-refractivity contribution < 1.29 is 4.79 Å². The van der Waals surface area contributed by atoms with Crippen LogP contribution in [0.4, 0.5) is 0 Å². The number of nitrogens with zero attached hydrogens (tertiary/aromatic N) is 2. The summed E-state index contributed by atoms with van der Waals surface area (Å²) in [5, 5.41) is 3.06. The lowest BCUT2D eigenvalue weighted by Crippen LogP contribution is -2.32. The molecule has 1 heterocycles. The minimum atomic E-state index is 0.120. The van der Waals surface area contributed by atoms with Crippen LogP contribution in [-0.4, -0.2) is 28.9 Å². The number of nitrogens with two attached hydrogens (primary N) is 1. The largest absolute Gasteiger partial charge is 0.340 e. The fourth-order valence-electron chi connectivity index (χ4n) is 2.35. The zero-order valence-electron chi connectivity index (χ0n) is 10.3. The van der Waals surface area contributed by atoms with Crippen LogP contribution in [0.5, 0.6) is 0 Å². The molecule has 0 aromatic carbocycles. The Morgan fingerprint density at radius 3 is 2.94 bits per heavy atom. The Labute approximate surface area is 106 Å². The highest BCUT2D eigenvalue weighted by Gasteiger charge is 2.29. The van der Waals surface area contributed by atoms with Crippen LogP contribution in [0.25, 0.3) is 0 Å². The van der Waals surface area contributed by atoms with E-state index in [2.05, 4.69) is 4.98 Å². The van der Waals surface area contributed by atoms with E-state index in [1.807, 2.05) is 19.4 Å². The van der Waals surface area contributed by atoms with Crippen molar-refractivity contribution in [3.63, 3.8) is 0 Å². The van der Waals surface area contributed by atoms with Crippen molar-refractivity contribution >= 4 is 17.2 Å². The zero-order chi connectivity index (χ0) is 12.4. The maximum Gasteiger partial charge on any atom is 0.225 e. The third-order valence-corrected chi connectivity index (χ3v) is 4.09. The fraction of sp³-hybridized carbons (Fsp3) is 0.667. The maximum atomic E-state index is 12.1. The van der Waals surface area contributed by atoms with E-state index in [4.69, 9.17) is 5.73 Å². The molecule has 4 nitrogen and oxygen atoms in total. The van der Waals surface area contributed by atoms with Gasteiger partial charge in [-0.15, -0.1) is 11.3 Å². The smallest absolute Gasteiger partial charge is 0.225 e. The zero-order valence-corrected chi connectivity index (χ0v) is 11.2. The first kappa shape index (κ1) is 12.5. The highest BCUT2D eigenvalue weighted by atomic mass is 32.1. The van der Waals surface area contributed by atoms with E-state index in [0.29, 0.717) is 6.54 Å². The molecule has 1 aliphatic rings. The summed E-state index contributed by atoms with van der Waals surface area (Å²) < 4.78 is 0. The predicted octanol–water partition coefficient (Wildman–Crippen LogP) is 1.54. The number of carbonyl (C=O) groups excluding carboxylic acids is 1. The Morgan fingerprint density at radius 1 is 1.65 bits per heavy atom. The second-order valence-corrected chi connectivity index (χ2v) is 5.88. The van der Waals surface area contributed by atoms with E-state index in [-0.39, 0.29) is 17.9 Å². The molecule has 0 saturated heterocycles. The van der Waals surface area contributed by atoms with Gasteiger partial charge < -0.3 is 10.6 Å². The number of rotatable bonds is 3. The van der Waals surface area contributed by atoms with E-state index in [0.717, 1.165) is 30.0 Å². The molecule has 0 bridgehead atoms. The third kappa shape index (κ3) is 3.04. The van der Waals surface area contributed by atoms with Gasteiger partial charge in [-0.25, -0.2) is 4.98 Å². The third-order valence-electron chi connectivity index (χ3n) is 3.26. The van der Waals surface area contributed by atoms with Crippen LogP contribution in [0.1, 0.15) is 30.0 Å². The summed E-state index contributed by atoms with van der Waals surface area (Å²) in [5.74, 6) is 0.332. The lowest BCUT2D eigenvalue weighted by Gasteiger charge is -2.20. The van der Waals surface area contributed by atoms with Crippen molar-refractivity contribution in [3.05, 3.63) is 16.1 Å². The van der Waals surface area contributed by atoms with Crippen LogP contribution in [-0.2, 0) is 11.3 Å². The van der Waals surface area contributed by atoms with E-state index in [9.17, 15) is 4.79 Å². The number of hydrogen-bond donors (Lipinski definition) is 1. The number of aromatic nitrogens is 1. The minimum Gasteiger partial charge on any atom is -0.340 e. The van der Waals surface area contributed by atoms with Crippen LogP contribution in [0.3, 0.4) is 0 Å². The molecule has 0 spiro atoms. The van der Waals surface area contributed by atoms with Gasteiger partial charge in [-0.2, -0.15) is 0 Å². The Kier molecular flexibility index (Phi) is 3.79. The molecule has 1 aromatic rings. The summed E-state index contributed by atoms with van der Waals surface area (Å²) in [7, 11) is 1.85. The van der Waals surface area contributed by atoms with Gasteiger partial charge in [0.1, 0.15) is 0 Å². The van der Waals surface area contributed by atoms with Crippen molar-refractivity contribution in [2.24, 2.45) is 11.7 Å². The predicted molar refractivity (Wildman–Crippen MR) is 68.6 cm³/mol. The number of carbonyl (C=O) groups is 1. The Morgan fingerprint density at radius 2 is 2.41 bits per heavy atom. The van der Waals surface area contributed by atoms with Crippen LogP contribution in [0.2, 0.25) is 0 Å². The highest BCUT2D eigenvalue weighted by molar-refractivity contribution is 7.09. The van der Waals surface area contributed by atoms with Crippen molar-refractivity contribution in [1.82, 2.24) is 9.88 Å². The molecule has 2 atom stereocenters. The molecule has 17 heavy (non-hydrogen) atoms. The van der Waals surface area contributed by atoms with Crippen LogP contribution < -0.4 is 5.73 Å². The lowest BCUT2D eigenvalue weighted by molar-refractivity contribution is -0.134. The molecule has 5 heteroatoms. The topological polar surface area (TPSA) is 59.2 Å². The SMILES string of the molecule is Cc1nc(CN(C)C(=O)C2CCC(N)C2)cs1. The second kappa shape index (κ2) is 5.14. The molecule has 2 unspecified atom stereocenters. The maximum absolute atomic E-state index is 12.1. The molecule has 2 rings (SSSR count). The Hall–Kier alpha value is -0.940. The molecular formula is C12H19N3OS. The van der Waals surface area contributed by atoms with Gasteiger partial charge >= 0.3 is 0 Å². The molecule has 1 amide bonds. The summed E-state index contributed by atoms with van der Waals surface area (Å²) in [6, 6.07) is 0.207. The lowest BCUT2D eigenvalue weighted by atomic mass is 10.1. The summed E-state index contributed by atoms with van der Waals surface area (Å²) in [5.41, 5.74) is 6.82.